The van der Waals surface area contributed by atoms with Crippen molar-refractivity contribution in [2.45, 2.75) is 52.9 Å². The van der Waals surface area contributed by atoms with Gasteiger partial charge >= 0.3 is 0 Å². The van der Waals surface area contributed by atoms with Crippen molar-refractivity contribution in [2.75, 3.05) is 0 Å². The molecule has 1 heterocycles. The molecule has 6 heteroatoms. The number of nitrogens with zero attached hydrogens (tertiary/aromatic N) is 4. The lowest BCUT2D eigenvalue weighted by atomic mass is 9.93. The van der Waals surface area contributed by atoms with Crippen LogP contribution < -0.4 is 5.73 Å². The molecule has 0 aliphatic rings. The summed E-state index contributed by atoms with van der Waals surface area (Å²) in [5, 5.41) is 8.91. The molecule has 0 unspecified atom stereocenters. The molecule has 140 valence electrons. The molecule has 0 saturated carbocycles. The summed E-state index contributed by atoms with van der Waals surface area (Å²) in [5.41, 5.74) is 11.7. The molecule has 0 radical (unpaired) electrons. The second kappa shape index (κ2) is 8.36. The van der Waals surface area contributed by atoms with Crippen molar-refractivity contribution in [3.05, 3.63) is 58.2 Å². The highest BCUT2D eigenvalue weighted by atomic mass is 32.1. The summed E-state index contributed by atoms with van der Waals surface area (Å²) >= 11 is 5.42. The van der Waals surface area contributed by atoms with Crippen molar-refractivity contribution in [1.82, 2.24) is 9.97 Å². The third-order valence-corrected chi connectivity index (χ3v) is 4.57. The number of nitriles is 1. The number of aromatic nitrogens is 2. The zero-order valence-corrected chi connectivity index (χ0v) is 17.3. The van der Waals surface area contributed by atoms with Crippen molar-refractivity contribution in [3.63, 3.8) is 0 Å². The highest BCUT2D eigenvalue weighted by Crippen LogP contribution is 2.19. The molecular weight excluding hydrogens is 354 g/mol. The molecule has 0 aliphatic carbocycles. The fraction of sp³-hybridized carbons (Fsp3) is 0.381. The van der Waals surface area contributed by atoms with Gasteiger partial charge in [0.05, 0.1) is 24.4 Å². The lowest BCUT2D eigenvalue weighted by Crippen LogP contribution is -2.20. The number of hydrogen-bond donors (Lipinski definition) is 1. The number of aryl methyl sites for hydroxylation is 2. The number of rotatable bonds is 4. The first-order valence-electron chi connectivity index (χ1n) is 8.77. The molecule has 0 fully saturated rings. The van der Waals surface area contributed by atoms with E-state index in [-0.39, 0.29) is 11.3 Å². The van der Waals surface area contributed by atoms with Crippen LogP contribution in [0.5, 0.6) is 0 Å². The van der Waals surface area contributed by atoms with E-state index in [1.54, 1.807) is 12.4 Å². The molecule has 0 saturated heterocycles. The Morgan fingerprint density at radius 3 is 2.33 bits per heavy atom. The maximum atomic E-state index is 8.91. The Balaban J connectivity index is 2.17. The van der Waals surface area contributed by atoms with Crippen molar-refractivity contribution in [2.24, 2.45) is 10.7 Å². The second-order valence-electron chi connectivity index (χ2n) is 7.64. The largest absolute Gasteiger partial charge is 0.382 e. The van der Waals surface area contributed by atoms with Gasteiger partial charge in [-0.3, -0.25) is 4.98 Å². The summed E-state index contributed by atoms with van der Waals surface area (Å²) in [6, 6.07) is 6.30. The maximum absolute atomic E-state index is 8.91. The first-order valence-corrected chi connectivity index (χ1v) is 9.18. The minimum absolute atomic E-state index is 0.0696. The fourth-order valence-electron chi connectivity index (χ4n) is 2.64. The first-order chi connectivity index (χ1) is 12.6. The van der Waals surface area contributed by atoms with Gasteiger partial charge in [0.15, 0.2) is 5.84 Å². The van der Waals surface area contributed by atoms with E-state index in [0.29, 0.717) is 23.5 Å². The number of thiocarbonyl (C=S) groups is 1. The third-order valence-electron chi connectivity index (χ3n) is 4.33. The van der Waals surface area contributed by atoms with Gasteiger partial charge in [-0.2, -0.15) is 5.26 Å². The standard InChI is InChI=1S/C21H25N5S/c1-13-9-16(14(2)8-15(13)6-7-22)10-19(27)26-20(23)17-11-25-18(12-24-17)21(3,4)5/h8-9,11-12H,6,10H2,1-5H3,(H2,23,26,27). The van der Waals surface area contributed by atoms with Crippen LogP contribution in [0.25, 0.3) is 0 Å². The third kappa shape index (κ3) is 5.41. The van der Waals surface area contributed by atoms with Crippen molar-refractivity contribution in [1.29, 1.82) is 5.26 Å². The number of nitrogens with two attached hydrogens (primary N) is 1. The van der Waals surface area contributed by atoms with Gasteiger partial charge in [0.25, 0.3) is 0 Å². The molecule has 0 atom stereocenters. The summed E-state index contributed by atoms with van der Waals surface area (Å²) in [6.07, 6.45) is 4.28. The van der Waals surface area contributed by atoms with Crippen LogP contribution in [0, 0.1) is 25.2 Å². The predicted molar refractivity (Wildman–Crippen MR) is 113 cm³/mol. The molecular formula is C21H25N5S. The average molecular weight is 380 g/mol. The van der Waals surface area contributed by atoms with Crippen LogP contribution in [0.2, 0.25) is 0 Å². The quantitative estimate of drug-likeness (QED) is 0.497. The van der Waals surface area contributed by atoms with E-state index in [2.05, 4.69) is 47.9 Å². The van der Waals surface area contributed by atoms with Gasteiger partial charge in [-0.1, -0.05) is 45.1 Å². The van der Waals surface area contributed by atoms with Gasteiger partial charge in [0.1, 0.15) is 10.7 Å². The molecule has 5 nitrogen and oxygen atoms in total. The highest BCUT2D eigenvalue weighted by molar-refractivity contribution is 7.80. The summed E-state index contributed by atoms with van der Waals surface area (Å²) in [4.78, 5) is 13.6. The van der Waals surface area contributed by atoms with E-state index in [0.717, 1.165) is 27.9 Å². The minimum Gasteiger partial charge on any atom is -0.382 e. The van der Waals surface area contributed by atoms with Crippen LogP contribution in [-0.4, -0.2) is 20.8 Å². The van der Waals surface area contributed by atoms with E-state index in [1.165, 1.54) is 0 Å². The van der Waals surface area contributed by atoms with E-state index >= 15 is 0 Å². The van der Waals surface area contributed by atoms with Crippen LogP contribution in [0.1, 0.15) is 54.4 Å². The smallest absolute Gasteiger partial charge is 0.152 e. The van der Waals surface area contributed by atoms with Crippen LogP contribution in [0.15, 0.2) is 29.5 Å². The lowest BCUT2D eigenvalue weighted by molar-refractivity contribution is 0.565. The maximum Gasteiger partial charge on any atom is 0.152 e. The molecule has 0 aliphatic heterocycles. The first kappa shape index (κ1) is 20.7. The van der Waals surface area contributed by atoms with Crippen molar-refractivity contribution < 1.29 is 0 Å². The summed E-state index contributed by atoms with van der Waals surface area (Å²) in [7, 11) is 0. The number of benzene rings is 1. The lowest BCUT2D eigenvalue weighted by Gasteiger charge is -2.16. The van der Waals surface area contributed by atoms with Crippen LogP contribution in [-0.2, 0) is 18.3 Å². The van der Waals surface area contributed by atoms with Gasteiger partial charge in [-0.25, -0.2) is 9.98 Å². The molecule has 0 spiro atoms. The Morgan fingerprint density at radius 1 is 1.15 bits per heavy atom. The molecule has 2 aromatic rings. The van der Waals surface area contributed by atoms with Gasteiger partial charge in [0.2, 0.25) is 0 Å². The molecule has 1 aromatic heterocycles. The highest BCUT2D eigenvalue weighted by Gasteiger charge is 2.16. The Kier molecular flexibility index (Phi) is 6.40. The molecule has 0 bridgehead atoms. The van der Waals surface area contributed by atoms with Crippen molar-refractivity contribution in [3.8, 4) is 6.07 Å². The van der Waals surface area contributed by atoms with E-state index < -0.39 is 0 Å². The molecule has 2 N–H and O–H groups in total. The Hall–Kier alpha value is -2.65. The van der Waals surface area contributed by atoms with E-state index in [9.17, 15) is 0 Å². The van der Waals surface area contributed by atoms with Gasteiger partial charge in [-0.05, 0) is 36.1 Å². The summed E-state index contributed by atoms with van der Waals surface area (Å²) in [5.74, 6) is 0.267. The van der Waals surface area contributed by atoms with Crippen LogP contribution in [0.4, 0.5) is 0 Å². The Labute approximate surface area is 166 Å². The average Bonchev–Trinajstić information content (AvgIpc) is 2.58. The number of aliphatic imine (C=N–C) groups is 1. The molecule has 2 rings (SSSR count). The zero-order valence-electron chi connectivity index (χ0n) is 16.5. The van der Waals surface area contributed by atoms with E-state index in [4.69, 9.17) is 23.2 Å². The number of hydrogen-bond acceptors (Lipinski definition) is 4. The van der Waals surface area contributed by atoms with Gasteiger partial charge in [0, 0.05) is 18.0 Å². The fourth-order valence-corrected chi connectivity index (χ4v) is 2.90. The predicted octanol–water partition coefficient (Wildman–Crippen LogP) is 3.73. The topological polar surface area (TPSA) is 87.9 Å². The summed E-state index contributed by atoms with van der Waals surface area (Å²) < 4.78 is 0. The van der Waals surface area contributed by atoms with Crippen LogP contribution in [0.3, 0.4) is 0 Å². The second-order valence-corrected chi connectivity index (χ2v) is 8.12. The van der Waals surface area contributed by atoms with E-state index in [1.807, 2.05) is 19.9 Å². The minimum atomic E-state index is -0.0696. The molecule has 27 heavy (non-hydrogen) atoms. The van der Waals surface area contributed by atoms with Crippen molar-refractivity contribution >= 4 is 23.0 Å². The Bertz CT molecular complexity index is 915. The van der Waals surface area contributed by atoms with Crippen LogP contribution >= 0.6 is 12.2 Å². The summed E-state index contributed by atoms with van der Waals surface area (Å²) in [6.45, 7) is 10.3. The molecule has 0 amide bonds. The van der Waals surface area contributed by atoms with Gasteiger partial charge < -0.3 is 5.73 Å². The van der Waals surface area contributed by atoms with Gasteiger partial charge in [-0.15, -0.1) is 0 Å². The monoisotopic (exact) mass is 379 g/mol. The normalized spacial score (nSPS) is 11.9. The number of amidine groups is 1. The molecule has 1 aromatic carbocycles. The zero-order chi connectivity index (χ0) is 20.2. The Morgan fingerprint density at radius 2 is 1.78 bits per heavy atom. The SMILES string of the molecule is Cc1cc(CC(=S)N=C(N)c2cnc(C(C)(C)C)cn2)c(C)cc1CC#N.